The minimum Gasteiger partial charge on any atom is -0.480 e. The van der Waals surface area contributed by atoms with E-state index in [1.54, 1.807) is 0 Å². The van der Waals surface area contributed by atoms with Crippen LogP contribution in [0.4, 0.5) is 4.79 Å². The molecule has 9 heteroatoms. The molecule has 1 fully saturated rings. The largest absolute Gasteiger partial charge is 0.480 e. The molecule has 0 heterocycles. The number of carbonyl (C=O) groups is 4. The normalized spacial score (nSPS) is 16.1. The molecule has 3 N–H and O–H groups in total. The number of esters is 1. The molecule has 0 unspecified atom stereocenters. The number of hydrogen-bond acceptors (Lipinski definition) is 6. The molecule has 2 aromatic rings. The fourth-order valence-electron chi connectivity index (χ4n) is 4.74. The van der Waals surface area contributed by atoms with Gasteiger partial charge in [-0.2, -0.15) is 0 Å². The van der Waals surface area contributed by atoms with Gasteiger partial charge in [0.2, 0.25) is 5.91 Å². The van der Waals surface area contributed by atoms with Crippen LogP contribution in [0.5, 0.6) is 0 Å². The van der Waals surface area contributed by atoms with Crippen molar-refractivity contribution in [1.82, 2.24) is 10.6 Å². The van der Waals surface area contributed by atoms with Crippen LogP contribution in [0.25, 0.3) is 11.1 Å². The summed E-state index contributed by atoms with van der Waals surface area (Å²) in [7, 11) is 1.15. The molecule has 1 atom stereocenters. The second-order valence-corrected chi connectivity index (χ2v) is 8.96. The Morgan fingerprint density at radius 3 is 2.14 bits per heavy atom. The number of rotatable bonds is 9. The van der Waals surface area contributed by atoms with Crippen molar-refractivity contribution in [2.75, 3.05) is 20.3 Å². The molecule has 0 bridgehead atoms. The number of carboxylic acids is 1. The molecule has 1 saturated carbocycles. The highest BCUT2D eigenvalue weighted by atomic mass is 16.5. The maximum Gasteiger partial charge on any atom is 0.407 e. The smallest absolute Gasteiger partial charge is 0.407 e. The number of hydrogen-bond donors (Lipinski definition) is 3. The predicted octanol–water partition coefficient (Wildman–Crippen LogP) is 2.83. The van der Waals surface area contributed by atoms with E-state index >= 15 is 0 Å². The van der Waals surface area contributed by atoms with Crippen LogP contribution in [0.1, 0.15) is 42.7 Å². The number of amides is 2. The lowest BCUT2D eigenvalue weighted by atomic mass is 9.68. The quantitative estimate of drug-likeness (QED) is 0.470. The number of nitrogens with one attached hydrogen (secondary N) is 2. The van der Waals surface area contributed by atoms with Gasteiger partial charge in [0, 0.05) is 12.5 Å². The van der Waals surface area contributed by atoms with Gasteiger partial charge in [-0.05, 0) is 35.1 Å². The summed E-state index contributed by atoms with van der Waals surface area (Å²) in [6, 6.07) is 14.6. The van der Waals surface area contributed by atoms with Crippen LogP contribution in [0, 0.1) is 5.41 Å². The van der Waals surface area contributed by atoms with Crippen LogP contribution >= 0.6 is 0 Å². The summed E-state index contributed by atoms with van der Waals surface area (Å²) in [5.74, 6) is -2.66. The zero-order valence-corrected chi connectivity index (χ0v) is 19.4. The van der Waals surface area contributed by atoms with Gasteiger partial charge in [0.05, 0.1) is 18.9 Å². The fourth-order valence-corrected chi connectivity index (χ4v) is 4.74. The van der Waals surface area contributed by atoms with E-state index in [0.29, 0.717) is 12.8 Å². The van der Waals surface area contributed by atoms with E-state index in [9.17, 15) is 24.3 Å². The van der Waals surface area contributed by atoms with Crippen molar-refractivity contribution in [3.8, 4) is 11.1 Å². The second-order valence-electron chi connectivity index (χ2n) is 8.96. The Balaban J connectivity index is 1.34. The maximum atomic E-state index is 12.9. The van der Waals surface area contributed by atoms with Gasteiger partial charge in [-0.3, -0.25) is 9.59 Å². The number of ether oxygens (including phenoxy) is 2. The minimum atomic E-state index is -1.40. The Morgan fingerprint density at radius 1 is 1.03 bits per heavy atom. The van der Waals surface area contributed by atoms with Crippen LogP contribution < -0.4 is 10.6 Å². The molecule has 0 spiro atoms. The number of aliphatic carboxylic acids is 1. The number of fused-ring (bicyclic) bond motifs is 3. The SMILES string of the molecule is COC(=O)C[C@@H](NC(=O)C1(CNC(=O)OCC2c3ccccc3-c3ccccc32)CCC1)C(=O)O. The van der Waals surface area contributed by atoms with Gasteiger partial charge in [-0.25, -0.2) is 9.59 Å². The number of benzene rings is 2. The molecule has 0 aliphatic heterocycles. The highest BCUT2D eigenvalue weighted by molar-refractivity contribution is 5.90. The summed E-state index contributed by atoms with van der Waals surface area (Å²) < 4.78 is 10.0. The highest BCUT2D eigenvalue weighted by Crippen LogP contribution is 2.44. The van der Waals surface area contributed by atoms with Gasteiger partial charge in [-0.15, -0.1) is 0 Å². The third-order valence-corrected chi connectivity index (χ3v) is 6.91. The molecular weight excluding hydrogens is 452 g/mol. The van der Waals surface area contributed by atoms with Crippen molar-refractivity contribution in [2.24, 2.45) is 5.41 Å². The van der Waals surface area contributed by atoms with E-state index in [4.69, 9.17) is 4.74 Å². The lowest BCUT2D eigenvalue weighted by molar-refractivity contribution is -0.150. The van der Waals surface area contributed by atoms with E-state index in [-0.39, 0.29) is 19.1 Å². The molecule has 35 heavy (non-hydrogen) atoms. The summed E-state index contributed by atoms with van der Waals surface area (Å²) in [6.07, 6.45) is 0.637. The van der Waals surface area contributed by atoms with Gasteiger partial charge in [0.1, 0.15) is 12.6 Å². The molecule has 4 rings (SSSR count). The third kappa shape index (κ3) is 4.99. The molecule has 2 aromatic carbocycles. The van der Waals surface area contributed by atoms with Crippen molar-refractivity contribution in [2.45, 2.75) is 37.6 Å². The van der Waals surface area contributed by atoms with E-state index in [0.717, 1.165) is 35.8 Å². The topological polar surface area (TPSA) is 131 Å². The van der Waals surface area contributed by atoms with Gasteiger partial charge in [0.25, 0.3) is 0 Å². The molecule has 2 aliphatic rings. The zero-order chi connectivity index (χ0) is 25.0. The molecule has 9 nitrogen and oxygen atoms in total. The molecule has 2 amide bonds. The Morgan fingerprint density at radius 2 is 1.63 bits per heavy atom. The van der Waals surface area contributed by atoms with Crippen LogP contribution in [0.2, 0.25) is 0 Å². The minimum absolute atomic E-state index is 0.0140. The molecule has 0 radical (unpaired) electrons. The molecule has 0 saturated heterocycles. The standard InChI is InChI=1S/C26H28N2O7/c1-34-22(29)13-21(23(30)31)28-24(32)26(11-6-12-26)15-27-25(33)35-14-20-18-9-4-2-7-16(18)17-8-3-5-10-19(17)20/h2-5,7-10,20-21H,6,11-15H2,1H3,(H,27,33)(H,28,32)(H,30,31)/t21-/m1/s1. The van der Waals surface area contributed by atoms with E-state index in [2.05, 4.69) is 27.5 Å². The molecule has 184 valence electrons. The van der Waals surface area contributed by atoms with Crippen molar-refractivity contribution >= 4 is 23.9 Å². The van der Waals surface area contributed by atoms with Gasteiger partial charge in [-0.1, -0.05) is 55.0 Å². The van der Waals surface area contributed by atoms with Gasteiger partial charge < -0.3 is 25.2 Å². The van der Waals surface area contributed by atoms with Crippen molar-refractivity contribution in [3.05, 3.63) is 59.7 Å². The first-order valence-electron chi connectivity index (χ1n) is 11.5. The summed E-state index contributed by atoms with van der Waals surface area (Å²) in [5, 5.41) is 14.4. The van der Waals surface area contributed by atoms with E-state index in [1.807, 2.05) is 36.4 Å². The summed E-state index contributed by atoms with van der Waals surface area (Å²) in [4.78, 5) is 48.3. The van der Waals surface area contributed by atoms with Crippen molar-refractivity contribution in [1.29, 1.82) is 0 Å². The lowest BCUT2D eigenvalue weighted by Gasteiger charge is -2.40. The highest BCUT2D eigenvalue weighted by Gasteiger charge is 2.45. The number of carboxylic acid groups (broad SMARTS) is 1. The Kier molecular flexibility index (Phi) is 7.04. The Hall–Kier alpha value is -3.88. The average Bonchev–Trinajstić information content (AvgIpc) is 3.15. The maximum absolute atomic E-state index is 12.9. The van der Waals surface area contributed by atoms with Gasteiger partial charge >= 0.3 is 18.0 Å². The second kappa shape index (κ2) is 10.2. The van der Waals surface area contributed by atoms with Crippen LogP contribution in [-0.4, -0.2) is 55.3 Å². The Labute approximate surface area is 202 Å². The average molecular weight is 481 g/mol. The summed E-state index contributed by atoms with van der Waals surface area (Å²) >= 11 is 0. The lowest BCUT2D eigenvalue weighted by Crippen LogP contribution is -2.56. The van der Waals surface area contributed by atoms with E-state index < -0.39 is 41.8 Å². The van der Waals surface area contributed by atoms with Crippen LogP contribution in [-0.2, 0) is 23.9 Å². The number of carbonyl (C=O) groups excluding carboxylic acids is 3. The molecule has 0 aromatic heterocycles. The number of alkyl carbamates (subject to hydrolysis) is 1. The number of methoxy groups -OCH3 is 1. The zero-order valence-electron chi connectivity index (χ0n) is 19.4. The summed E-state index contributed by atoms with van der Waals surface area (Å²) in [6.45, 7) is 0.166. The Bertz CT molecular complexity index is 1100. The first kappa shape index (κ1) is 24.3. The predicted molar refractivity (Wildman–Crippen MR) is 126 cm³/mol. The first-order chi connectivity index (χ1) is 16.8. The third-order valence-electron chi connectivity index (χ3n) is 6.91. The monoisotopic (exact) mass is 480 g/mol. The van der Waals surface area contributed by atoms with Crippen LogP contribution in [0.3, 0.4) is 0 Å². The van der Waals surface area contributed by atoms with Crippen molar-refractivity contribution in [3.63, 3.8) is 0 Å². The van der Waals surface area contributed by atoms with Gasteiger partial charge in [0.15, 0.2) is 0 Å². The fraction of sp³-hybridized carbons (Fsp3) is 0.385. The van der Waals surface area contributed by atoms with E-state index in [1.165, 1.54) is 0 Å². The molecular formula is C26H28N2O7. The first-order valence-corrected chi connectivity index (χ1v) is 11.5. The van der Waals surface area contributed by atoms with Crippen LogP contribution in [0.15, 0.2) is 48.5 Å². The summed E-state index contributed by atoms with van der Waals surface area (Å²) in [5.41, 5.74) is 3.52. The van der Waals surface area contributed by atoms with Crippen molar-refractivity contribution < 1.29 is 33.8 Å². The molecule has 2 aliphatic carbocycles.